The summed E-state index contributed by atoms with van der Waals surface area (Å²) in [6, 6.07) is 6.59. The van der Waals surface area contributed by atoms with Gasteiger partial charge in [-0.25, -0.2) is 9.78 Å². The number of nitrogen functional groups attached to an aromatic ring is 1. The molecule has 12 heteroatoms. The average molecular weight is 457 g/mol. The number of esters is 1. The number of anilines is 1. The van der Waals surface area contributed by atoms with E-state index in [-0.39, 0.29) is 23.7 Å². The SMILES string of the molecule is COc1ccc(C(=O)OC[C@H]2O[C@@H](n3cnc4c(=O)[nH]c(N)nc43)[C@@H]3OC(C)(C)O[C@@H]32)cc1. The van der Waals surface area contributed by atoms with E-state index in [2.05, 4.69) is 15.0 Å². The minimum atomic E-state index is -0.879. The summed E-state index contributed by atoms with van der Waals surface area (Å²) in [5, 5.41) is 0. The lowest BCUT2D eigenvalue weighted by Gasteiger charge is -2.24. The molecule has 0 unspecified atom stereocenters. The molecule has 2 aliphatic rings. The third-order valence-corrected chi connectivity index (χ3v) is 5.55. The van der Waals surface area contributed by atoms with Crippen molar-refractivity contribution in [1.29, 1.82) is 0 Å². The van der Waals surface area contributed by atoms with E-state index in [0.29, 0.717) is 11.3 Å². The smallest absolute Gasteiger partial charge is 0.338 e. The van der Waals surface area contributed by atoms with Crippen LogP contribution in [0.4, 0.5) is 5.95 Å². The van der Waals surface area contributed by atoms with Gasteiger partial charge in [-0.3, -0.25) is 14.3 Å². The Balaban J connectivity index is 1.38. The average Bonchev–Trinajstić information content (AvgIpc) is 3.43. The van der Waals surface area contributed by atoms with Gasteiger partial charge in [0.05, 0.1) is 19.0 Å². The summed E-state index contributed by atoms with van der Waals surface area (Å²) >= 11 is 0. The van der Waals surface area contributed by atoms with E-state index in [1.807, 2.05) is 0 Å². The van der Waals surface area contributed by atoms with E-state index in [1.165, 1.54) is 6.33 Å². The standard InChI is InChI=1S/C21H23N5O7/c1-21(2)32-14-12(8-30-19(28)10-4-6-11(29-3)7-5-10)31-18(15(14)33-21)26-9-23-13-16(26)24-20(22)25-17(13)27/h4-7,9,12,14-15,18H,8H2,1-3H3,(H3,22,24,25,27)/t12-,14-,15-,18-/m1/s1. The summed E-state index contributed by atoms with van der Waals surface area (Å²) in [6.07, 6.45) is -0.982. The zero-order chi connectivity index (χ0) is 23.3. The van der Waals surface area contributed by atoms with Crippen molar-refractivity contribution in [3.05, 3.63) is 46.5 Å². The molecule has 174 valence electrons. The van der Waals surface area contributed by atoms with Crippen molar-refractivity contribution >= 4 is 23.1 Å². The van der Waals surface area contributed by atoms with Gasteiger partial charge in [0.25, 0.3) is 5.56 Å². The van der Waals surface area contributed by atoms with Crippen LogP contribution in [-0.4, -0.2) is 63.3 Å². The Bertz CT molecular complexity index is 1250. The maximum atomic E-state index is 12.5. The van der Waals surface area contributed by atoms with Gasteiger partial charge in [0, 0.05) is 0 Å². The monoisotopic (exact) mass is 457 g/mol. The molecular formula is C21H23N5O7. The molecule has 2 aromatic heterocycles. The first-order valence-corrected chi connectivity index (χ1v) is 10.3. The van der Waals surface area contributed by atoms with E-state index >= 15 is 0 Å². The lowest BCUT2D eigenvalue weighted by atomic mass is 10.1. The number of ether oxygens (including phenoxy) is 5. The van der Waals surface area contributed by atoms with Crippen LogP contribution in [0.2, 0.25) is 0 Å². The third-order valence-electron chi connectivity index (χ3n) is 5.55. The van der Waals surface area contributed by atoms with Gasteiger partial charge in [-0.15, -0.1) is 0 Å². The number of hydrogen-bond acceptors (Lipinski definition) is 10. The number of H-pyrrole nitrogens is 1. The van der Waals surface area contributed by atoms with E-state index in [1.54, 1.807) is 49.8 Å². The number of imidazole rings is 1. The Hall–Kier alpha value is -3.48. The molecule has 4 atom stereocenters. The summed E-state index contributed by atoms with van der Waals surface area (Å²) in [6.45, 7) is 3.51. The number of carbonyl (C=O) groups is 1. The number of rotatable bonds is 5. The first kappa shape index (κ1) is 21.4. The van der Waals surface area contributed by atoms with Gasteiger partial charge in [0.2, 0.25) is 5.95 Å². The Labute approximate surface area is 187 Å². The highest BCUT2D eigenvalue weighted by Crippen LogP contribution is 2.43. The number of fused-ring (bicyclic) bond motifs is 2. The van der Waals surface area contributed by atoms with Crippen LogP contribution in [0.3, 0.4) is 0 Å². The second-order valence-electron chi connectivity index (χ2n) is 8.23. The highest BCUT2D eigenvalue weighted by atomic mass is 16.8. The Morgan fingerprint density at radius 1 is 1.24 bits per heavy atom. The number of hydrogen-bond donors (Lipinski definition) is 2. The number of nitrogens with two attached hydrogens (primary N) is 1. The van der Waals surface area contributed by atoms with Crippen LogP contribution in [0, 0.1) is 0 Å². The van der Waals surface area contributed by atoms with Gasteiger partial charge in [-0.05, 0) is 38.1 Å². The van der Waals surface area contributed by atoms with Gasteiger partial charge in [-0.2, -0.15) is 4.98 Å². The van der Waals surface area contributed by atoms with Crippen LogP contribution in [0.1, 0.15) is 30.4 Å². The molecule has 1 aromatic carbocycles. The second-order valence-corrected chi connectivity index (χ2v) is 8.23. The molecule has 2 saturated heterocycles. The van der Waals surface area contributed by atoms with Crippen LogP contribution in [0.15, 0.2) is 35.4 Å². The maximum absolute atomic E-state index is 12.5. The van der Waals surface area contributed by atoms with E-state index in [4.69, 9.17) is 29.4 Å². The maximum Gasteiger partial charge on any atom is 0.338 e. The van der Waals surface area contributed by atoms with Gasteiger partial charge in [0.15, 0.2) is 23.2 Å². The van der Waals surface area contributed by atoms with Crippen LogP contribution in [0.5, 0.6) is 5.75 Å². The Morgan fingerprint density at radius 2 is 1.97 bits per heavy atom. The quantitative estimate of drug-likeness (QED) is 0.530. The van der Waals surface area contributed by atoms with E-state index < -0.39 is 41.9 Å². The lowest BCUT2D eigenvalue weighted by molar-refractivity contribution is -0.199. The van der Waals surface area contributed by atoms with Gasteiger partial charge in [-0.1, -0.05) is 0 Å². The molecule has 2 fully saturated rings. The Kier molecular flexibility index (Phi) is 5.07. The van der Waals surface area contributed by atoms with Gasteiger partial charge in [0.1, 0.15) is 30.7 Å². The highest BCUT2D eigenvalue weighted by molar-refractivity contribution is 5.89. The molecule has 5 rings (SSSR count). The molecule has 0 bridgehead atoms. The third kappa shape index (κ3) is 3.81. The fraction of sp³-hybridized carbons (Fsp3) is 0.429. The van der Waals surface area contributed by atoms with Crippen molar-refractivity contribution in [2.75, 3.05) is 19.5 Å². The van der Waals surface area contributed by atoms with Gasteiger partial charge >= 0.3 is 5.97 Å². The predicted molar refractivity (Wildman–Crippen MR) is 114 cm³/mol. The summed E-state index contributed by atoms with van der Waals surface area (Å²) < 4.78 is 30.5. The van der Waals surface area contributed by atoms with Crippen molar-refractivity contribution in [3.8, 4) is 5.75 Å². The zero-order valence-corrected chi connectivity index (χ0v) is 18.2. The number of benzene rings is 1. The van der Waals surface area contributed by atoms with Crippen molar-refractivity contribution in [3.63, 3.8) is 0 Å². The van der Waals surface area contributed by atoms with Crippen LogP contribution in [-0.2, 0) is 18.9 Å². The first-order valence-electron chi connectivity index (χ1n) is 10.3. The van der Waals surface area contributed by atoms with E-state index in [9.17, 15) is 9.59 Å². The molecule has 3 N–H and O–H groups in total. The first-order chi connectivity index (χ1) is 15.8. The largest absolute Gasteiger partial charge is 0.497 e. The van der Waals surface area contributed by atoms with Crippen molar-refractivity contribution in [2.24, 2.45) is 0 Å². The van der Waals surface area contributed by atoms with Crippen LogP contribution < -0.4 is 16.0 Å². The van der Waals surface area contributed by atoms with Crippen LogP contribution >= 0.6 is 0 Å². The summed E-state index contributed by atoms with van der Waals surface area (Å²) in [5.74, 6) is -0.794. The molecule has 4 heterocycles. The molecule has 0 aliphatic carbocycles. The fourth-order valence-corrected chi connectivity index (χ4v) is 4.11. The molecule has 0 amide bonds. The fourth-order valence-electron chi connectivity index (χ4n) is 4.11. The molecule has 33 heavy (non-hydrogen) atoms. The minimum absolute atomic E-state index is 0.0438. The number of aromatic nitrogens is 4. The molecule has 2 aliphatic heterocycles. The number of aromatic amines is 1. The topological polar surface area (TPSA) is 153 Å². The normalized spacial score (nSPS) is 25.8. The number of nitrogens with zero attached hydrogens (tertiary/aromatic N) is 3. The molecule has 0 radical (unpaired) electrons. The summed E-state index contributed by atoms with van der Waals surface area (Å²) in [7, 11) is 1.55. The Morgan fingerprint density at radius 3 is 2.70 bits per heavy atom. The van der Waals surface area contributed by atoms with Crippen molar-refractivity contribution in [2.45, 2.75) is 44.2 Å². The van der Waals surface area contributed by atoms with Crippen molar-refractivity contribution < 1.29 is 28.5 Å². The zero-order valence-electron chi connectivity index (χ0n) is 18.2. The number of carbonyl (C=O) groups excluding carboxylic acids is 1. The van der Waals surface area contributed by atoms with Gasteiger partial charge < -0.3 is 29.4 Å². The second kappa shape index (κ2) is 7.83. The summed E-state index contributed by atoms with van der Waals surface area (Å²) in [5.41, 5.74) is 6.01. The molecular weight excluding hydrogens is 434 g/mol. The predicted octanol–water partition coefficient (Wildman–Crippen LogP) is 0.985. The molecule has 3 aromatic rings. The number of nitrogens with one attached hydrogen (secondary N) is 1. The number of methoxy groups -OCH3 is 1. The highest BCUT2D eigenvalue weighted by Gasteiger charge is 2.56. The minimum Gasteiger partial charge on any atom is -0.497 e. The molecule has 12 nitrogen and oxygen atoms in total. The lowest BCUT2D eigenvalue weighted by Crippen LogP contribution is -2.33. The molecule has 0 spiro atoms. The summed E-state index contributed by atoms with van der Waals surface area (Å²) in [4.78, 5) is 35.4. The van der Waals surface area contributed by atoms with Crippen LogP contribution in [0.25, 0.3) is 11.2 Å². The van der Waals surface area contributed by atoms with E-state index in [0.717, 1.165) is 0 Å². The van der Waals surface area contributed by atoms with Crippen molar-refractivity contribution in [1.82, 2.24) is 19.5 Å². The molecule has 0 saturated carbocycles.